The maximum atomic E-state index is 13.5. The number of rotatable bonds is 1. The lowest BCUT2D eigenvalue weighted by molar-refractivity contribution is 0.443. The summed E-state index contributed by atoms with van der Waals surface area (Å²) in [5.74, 6) is -0.993. The van der Waals surface area contributed by atoms with E-state index in [-0.39, 0.29) is 11.6 Å². The summed E-state index contributed by atoms with van der Waals surface area (Å²) in [7, 11) is 0. The van der Waals surface area contributed by atoms with Crippen LogP contribution in [0, 0.1) is 11.6 Å². The lowest BCUT2D eigenvalue weighted by Crippen LogP contribution is -2.27. The zero-order valence-electron chi connectivity index (χ0n) is 8.39. The Labute approximate surface area is 87.5 Å². The molecule has 0 aliphatic carbocycles. The van der Waals surface area contributed by atoms with Gasteiger partial charge in [0.25, 0.3) is 0 Å². The molecule has 0 bridgehead atoms. The largest absolute Gasteiger partial charge is 0.396 e. The third-order valence-corrected chi connectivity index (χ3v) is 2.89. The molecule has 2 rings (SSSR count). The molecule has 0 amide bonds. The van der Waals surface area contributed by atoms with Crippen LogP contribution in [0.15, 0.2) is 12.1 Å². The molecule has 15 heavy (non-hydrogen) atoms. The Kier molecular flexibility index (Phi) is 2.86. The molecule has 3 N–H and O–H groups in total. The van der Waals surface area contributed by atoms with Gasteiger partial charge in [0.15, 0.2) is 0 Å². The first-order chi connectivity index (χ1) is 7.18. The second-order valence-corrected chi connectivity index (χ2v) is 3.92. The number of anilines is 1. The molecular formula is C11H14F2N2. The number of hydrogen-bond donors (Lipinski definition) is 2. The molecule has 82 valence electrons. The van der Waals surface area contributed by atoms with Gasteiger partial charge in [-0.1, -0.05) is 0 Å². The van der Waals surface area contributed by atoms with Gasteiger partial charge in [0.2, 0.25) is 0 Å². The average Bonchev–Trinajstić information content (AvgIpc) is 2.25. The van der Waals surface area contributed by atoms with Gasteiger partial charge in [-0.3, -0.25) is 0 Å². The Bertz CT molecular complexity index is 360. The number of nitrogens with one attached hydrogen (secondary N) is 1. The molecule has 0 aromatic heterocycles. The number of piperidine rings is 1. The summed E-state index contributed by atoms with van der Waals surface area (Å²) in [6, 6.07) is 2.31. The Morgan fingerprint density at radius 3 is 2.47 bits per heavy atom. The van der Waals surface area contributed by atoms with Crippen LogP contribution >= 0.6 is 0 Å². The maximum absolute atomic E-state index is 13.5. The summed E-state index contributed by atoms with van der Waals surface area (Å²) in [4.78, 5) is 0. The van der Waals surface area contributed by atoms with Gasteiger partial charge < -0.3 is 11.1 Å². The van der Waals surface area contributed by atoms with Gasteiger partial charge in [-0.2, -0.15) is 0 Å². The van der Waals surface area contributed by atoms with E-state index >= 15 is 0 Å². The summed E-state index contributed by atoms with van der Waals surface area (Å²) in [5, 5.41) is 3.20. The molecule has 0 radical (unpaired) electrons. The lowest BCUT2D eigenvalue weighted by atomic mass is 9.89. The zero-order chi connectivity index (χ0) is 10.8. The third kappa shape index (κ3) is 2.09. The van der Waals surface area contributed by atoms with E-state index < -0.39 is 11.6 Å². The van der Waals surface area contributed by atoms with Crippen molar-refractivity contribution in [3.63, 3.8) is 0 Å². The van der Waals surface area contributed by atoms with E-state index in [2.05, 4.69) is 5.32 Å². The van der Waals surface area contributed by atoms with Gasteiger partial charge in [0, 0.05) is 6.07 Å². The van der Waals surface area contributed by atoms with E-state index in [9.17, 15) is 8.78 Å². The Balaban J connectivity index is 2.30. The fourth-order valence-electron chi connectivity index (χ4n) is 2.03. The molecule has 0 spiro atoms. The van der Waals surface area contributed by atoms with Gasteiger partial charge in [0.05, 0.1) is 5.69 Å². The van der Waals surface area contributed by atoms with Crippen molar-refractivity contribution in [2.45, 2.75) is 18.8 Å². The normalized spacial score (nSPS) is 18.0. The van der Waals surface area contributed by atoms with Crippen LogP contribution in [-0.2, 0) is 0 Å². The Hall–Kier alpha value is -1.16. The molecular weight excluding hydrogens is 198 g/mol. The number of halogens is 2. The maximum Gasteiger partial charge on any atom is 0.149 e. The van der Waals surface area contributed by atoms with Gasteiger partial charge >= 0.3 is 0 Å². The second kappa shape index (κ2) is 4.14. The number of hydrogen-bond acceptors (Lipinski definition) is 2. The van der Waals surface area contributed by atoms with Crippen LogP contribution in [0.1, 0.15) is 24.3 Å². The van der Waals surface area contributed by atoms with Crippen molar-refractivity contribution in [2.75, 3.05) is 18.8 Å². The highest BCUT2D eigenvalue weighted by atomic mass is 19.1. The molecule has 1 fully saturated rings. The summed E-state index contributed by atoms with van der Waals surface area (Å²) >= 11 is 0. The van der Waals surface area contributed by atoms with Crippen LogP contribution in [0.4, 0.5) is 14.5 Å². The number of nitrogen functional groups attached to an aromatic ring is 1. The van der Waals surface area contributed by atoms with E-state index in [4.69, 9.17) is 5.73 Å². The summed E-state index contributed by atoms with van der Waals surface area (Å²) in [5.41, 5.74) is 6.02. The topological polar surface area (TPSA) is 38.0 Å². The standard InChI is InChI=1S/C11H14F2N2/c12-9-6-10(13)11(14)5-8(9)7-1-3-15-4-2-7/h5-7,15H,1-4,14H2. The van der Waals surface area contributed by atoms with Gasteiger partial charge in [-0.25, -0.2) is 8.78 Å². The average molecular weight is 212 g/mol. The summed E-state index contributed by atoms with van der Waals surface area (Å²) < 4.78 is 26.4. The molecule has 2 nitrogen and oxygen atoms in total. The van der Waals surface area contributed by atoms with Crippen molar-refractivity contribution in [3.05, 3.63) is 29.3 Å². The van der Waals surface area contributed by atoms with Gasteiger partial charge in [-0.15, -0.1) is 0 Å². The molecule has 1 aliphatic rings. The Morgan fingerprint density at radius 1 is 1.13 bits per heavy atom. The van der Waals surface area contributed by atoms with Crippen LogP contribution in [0.5, 0.6) is 0 Å². The van der Waals surface area contributed by atoms with Crippen LogP contribution in [0.25, 0.3) is 0 Å². The quantitative estimate of drug-likeness (QED) is 0.699. The molecule has 0 unspecified atom stereocenters. The van der Waals surface area contributed by atoms with Crippen molar-refractivity contribution in [3.8, 4) is 0 Å². The van der Waals surface area contributed by atoms with Crippen LogP contribution in [-0.4, -0.2) is 13.1 Å². The van der Waals surface area contributed by atoms with Gasteiger partial charge in [0.1, 0.15) is 11.6 Å². The number of nitrogens with two attached hydrogens (primary N) is 1. The van der Waals surface area contributed by atoms with Crippen LogP contribution in [0.2, 0.25) is 0 Å². The highest BCUT2D eigenvalue weighted by molar-refractivity contribution is 5.44. The van der Waals surface area contributed by atoms with E-state index in [1.54, 1.807) is 0 Å². The first-order valence-corrected chi connectivity index (χ1v) is 5.13. The zero-order valence-corrected chi connectivity index (χ0v) is 8.39. The molecule has 1 aliphatic heterocycles. The predicted octanol–water partition coefficient (Wildman–Crippen LogP) is 2.01. The van der Waals surface area contributed by atoms with Crippen molar-refractivity contribution in [1.29, 1.82) is 0 Å². The molecule has 0 saturated carbocycles. The van der Waals surface area contributed by atoms with E-state index in [1.165, 1.54) is 6.07 Å². The van der Waals surface area contributed by atoms with Crippen LogP contribution < -0.4 is 11.1 Å². The first kappa shape index (κ1) is 10.4. The first-order valence-electron chi connectivity index (χ1n) is 5.13. The third-order valence-electron chi connectivity index (χ3n) is 2.89. The van der Waals surface area contributed by atoms with E-state index in [1.807, 2.05) is 0 Å². The lowest BCUT2D eigenvalue weighted by Gasteiger charge is -2.23. The fourth-order valence-corrected chi connectivity index (χ4v) is 2.03. The summed E-state index contributed by atoms with van der Waals surface area (Å²) in [6.45, 7) is 1.75. The van der Waals surface area contributed by atoms with E-state index in [0.29, 0.717) is 5.56 Å². The minimum absolute atomic E-state index is 0.0323. The molecule has 4 heteroatoms. The summed E-state index contributed by atoms with van der Waals surface area (Å²) in [6.07, 6.45) is 1.75. The van der Waals surface area contributed by atoms with E-state index in [0.717, 1.165) is 32.0 Å². The highest BCUT2D eigenvalue weighted by Crippen LogP contribution is 2.29. The predicted molar refractivity (Wildman–Crippen MR) is 55.6 cm³/mol. The number of benzene rings is 1. The second-order valence-electron chi connectivity index (χ2n) is 3.92. The Morgan fingerprint density at radius 2 is 1.80 bits per heavy atom. The van der Waals surface area contributed by atoms with Crippen molar-refractivity contribution in [1.82, 2.24) is 5.32 Å². The SMILES string of the molecule is Nc1cc(C2CCNCC2)c(F)cc1F. The molecule has 0 atom stereocenters. The minimum atomic E-state index is -0.676. The molecule has 1 saturated heterocycles. The fraction of sp³-hybridized carbons (Fsp3) is 0.455. The smallest absolute Gasteiger partial charge is 0.149 e. The van der Waals surface area contributed by atoms with Crippen LogP contribution in [0.3, 0.4) is 0 Å². The monoisotopic (exact) mass is 212 g/mol. The van der Waals surface area contributed by atoms with Crippen molar-refractivity contribution >= 4 is 5.69 Å². The van der Waals surface area contributed by atoms with Gasteiger partial charge in [-0.05, 0) is 43.5 Å². The molecule has 1 aromatic rings. The van der Waals surface area contributed by atoms with Crippen molar-refractivity contribution in [2.24, 2.45) is 0 Å². The van der Waals surface area contributed by atoms with Crippen molar-refractivity contribution < 1.29 is 8.78 Å². The minimum Gasteiger partial charge on any atom is -0.396 e. The molecule has 1 aromatic carbocycles. The highest BCUT2D eigenvalue weighted by Gasteiger charge is 2.19. The molecule has 1 heterocycles.